The summed E-state index contributed by atoms with van der Waals surface area (Å²) in [7, 11) is 0. The van der Waals surface area contributed by atoms with Gasteiger partial charge in [-0.3, -0.25) is 14.4 Å². The lowest BCUT2D eigenvalue weighted by Crippen LogP contribution is -2.61. The predicted molar refractivity (Wildman–Crippen MR) is 294 cm³/mol. The molecule has 3 N–H and O–H groups in total. The number of rotatable bonds is 47. The van der Waals surface area contributed by atoms with Crippen molar-refractivity contribution in [2.75, 3.05) is 13.2 Å². The van der Waals surface area contributed by atoms with Crippen LogP contribution >= 0.6 is 0 Å². The third kappa shape index (κ3) is 39.0. The lowest BCUT2D eigenvalue weighted by Gasteiger charge is -2.40. The fourth-order valence-electron chi connectivity index (χ4n) is 8.08. The Morgan fingerprint density at radius 1 is 0.466 bits per heavy atom. The van der Waals surface area contributed by atoms with Crippen LogP contribution in [0.5, 0.6) is 0 Å². The zero-order valence-corrected chi connectivity index (χ0v) is 45.6. The number of allylic oxidation sites excluding steroid dienone is 14. The SMILES string of the molecule is CC/C=C\C/C=C\C/C=C\C/C=C\C/C=C\CCCC(=O)OC1C(OCC(COC(=O)CCCCCCC/C=C\C/C=C\CCCCC)OC(=O)CCCCCCCCCCCCC)OC(C(=O)O)C(O)C1O. The lowest BCUT2D eigenvalue weighted by molar-refractivity contribution is -0.301. The number of aliphatic hydroxyl groups is 2. The number of carboxylic acids is 1. The summed E-state index contributed by atoms with van der Waals surface area (Å²) in [4.78, 5) is 51.0. The predicted octanol–water partition coefficient (Wildman–Crippen LogP) is 14.3. The second kappa shape index (κ2) is 48.8. The fraction of sp³-hybridized carbons (Fsp3) is 0.705. The first-order chi connectivity index (χ1) is 35.6. The summed E-state index contributed by atoms with van der Waals surface area (Å²) in [6.07, 6.45) is 49.9. The standard InChI is InChI=1S/C61H100O12/c1-4-7-10-13-16-19-22-24-26-27-29-31-34-37-40-43-46-49-55(64)72-59-57(66)56(65)58(60(67)68)73-61(59)70-51-52(71-54(63)48-45-42-39-36-32-21-18-15-12-9-6-3)50-69-53(62)47-44-41-38-35-33-30-28-25-23-20-17-14-11-8-5-2/h7,10,16-17,19-20,24-26,28-29,31,37,40,52,56-59,61,65-66H,4-6,8-9,11-15,18,21-23,27,30,32-36,38-39,41-51H2,1-3H3,(H,67,68)/b10-7-,19-16-,20-17-,26-24-,28-25-,31-29-,40-37-. The van der Waals surface area contributed by atoms with Crippen LogP contribution in [0, 0.1) is 0 Å². The number of ether oxygens (including phenoxy) is 5. The number of hydrogen-bond acceptors (Lipinski definition) is 11. The van der Waals surface area contributed by atoms with Gasteiger partial charge in [-0.15, -0.1) is 0 Å². The van der Waals surface area contributed by atoms with Gasteiger partial charge in [-0.2, -0.15) is 0 Å². The van der Waals surface area contributed by atoms with E-state index in [1.165, 1.54) is 64.2 Å². The second-order valence-corrected chi connectivity index (χ2v) is 19.2. The highest BCUT2D eigenvalue weighted by Crippen LogP contribution is 2.26. The first-order valence-corrected chi connectivity index (χ1v) is 28.6. The molecule has 1 aliphatic rings. The van der Waals surface area contributed by atoms with Gasteiger partial charge >= 0.3 is 23.9 Å². The summed E-state index contributed by atoms with van der Waals surface area (Å²) < 4.78 is 28.3. The Morgan fingerprint density at radius 3 is 1.38 bits per heavy atom. The van der Waals surface area contributed by atoms with Crippen molar-refractivity contribution < 1.29 is 58.2 Å². The Balaban J connectivity index is 2.74. The maximum atomic E-state index is 13.1. The third-order valence-corrected chi connectivity index (χ3v) is 12.5. The molecular weight excluding hydrogens is 925 g/mol. The molecule has 1 fully saturated rings. The molecule has 0 saturated carbocycles. The Labute approximate surface area is 441 Å². The molecule has 0 aromatic carbocycles. The Hall–Kier alpha value is -4.10. The molecule has 0 radical (unpaired) electrons. The van der Waals surface area contributed by atoms with Crippen LogP contribution in [0.1, 0.15) is 226 Å². The molecule has 0 aliphatic carbocycles. The average molecular weight is 1030 g/mol. The quantitative estimate of drug-likeness (QED) is 0.0228. The van der Waals surface area contributed by atoms with Gasteiger partial charge in [0.05, 0.1) is 6.61 Å². The molecular formula is C61H100O12. The number of carboxylic acid groups (broad SMARTS) is 1. The van der Waals surface area contributed by atoms with E-state index in [-0.39, 0.29) is 25.9 Å². The largest absolute Gasteiger partial charge is 0.479 e. The lowest BCUT2D eigenvalue weighted by atomic mass is 9.98. The van der Waals surface area contributed by atoms with Gasteiger partial charge in [0.2, 0.25) is 0 Å². The van der Waals surface area contributed by atoms with Gasteiger partial charge in [-0.05, 0) is 89.9 Å². The molecule has 1 heterocycles. The van der Waals surface area contributed by atoms with E-state index in [0.717, 1.165) is 96.3 Å². The van der Waals surface area contributed by atoms with E-state index >= 15 is 0 Å². The molecule has 0 aromatic heterocycles. The summed E-state index contributed by atoms with van der Waals surface area (Å²) >= 11 is 0. The number of aliphatic hydroxyl groups excluding tert-OH is 2. The van der Waals surface area contributed by atoms with Crippen LogP contribution < -0.4 is 0 Å². The van der Waals surface area contributed by atoms with Gasteiger partial charge in [-0.25, -0.2) is 4.79 Å². The average Bonchev–Trinajstić information content (AvgIpc) is 3.37. The number of carbonyl (C=O) groups excluding carboxylic acids is 3. The highest BCUT2D eigenvalue weighted by atomic mass is 16.7. The van der Waals surface area contributed by atoms with Crippen LogP contribution in [0.2, 0.25) is 0 Å². The molecule has 1 rings (SSSR count). The van der Waals surface area contributed by atoms with Gasteiger partial charge in [0, 0.05) is 19.3 Å². The Kier molecular flexibility index (Phi) is 44.7. The first-order valence-electron chi connectivity index (χ1n) is 28.6. The van der Waals surface area contributed by atoms with Crippen LogP contribution in [0.15, 0.2) is 85.1 Å². The van der Waals surface area contributed by atoms with Crippen LogP contribution in [-0.2, 0) is 42.9 Å². The van der Waals surface area contributed by atoms with E-state index in [1.807, 2.05) is 12.2 Å². The molecule has 12 nitrogen and oxygen atoms in total. The van der Waals surface area contributed by atoms with Crippen molar-refractivity contribution in [2.24, 2.45) is 0 Å². The summed E-state index contributed by atoms with van der Waals surface area (Å²) in [5.41, 5.74) is 0. The van der Waals surface area contributed by atoms with Crippen molar-refractivity contribution in [1.82, 2.24) is 0 Å². The van der Waals surface area contributed by atoms with Crippen molar-refractivity contribution in [2.45, 2.75) is 263 Å². The van der Waals surface area contributed by atoms with Crippen molar-refractivity contribution in [3.63, 3.8) is 0 Å². The minimum Gasteiger partial charge on any atom is -0.479 e. The normalized spacial score (nSPS) is 18.9. The highest BCUT2D eigenvalue weighted by Gasteiger charge is 2.50. The van der Waals surface area contributed by atoms with Crippen LogP contribution in [0.25, 0.3) is 0 Å². The molecule has 0 aromatic rings. The zero-order chi connectivity index (χ0) is 53.3. The van der Waals surface area contributed by atoms with Crippen LogP contribution in [-0.4, -0.2) is 89.2 Å². The Bertz CT molecular complexity index is 1590. The van der Waals surface area contributed by atoms with Crippen LogP contribution in [0.4, 0.5) is 0 Å². The molecule has 0 bridgehead atoms. The second-order valence-electron chi connectivity index (χ2n) is 19.2. The molecule has 1 saturated heterocycles. The topological polar surface area (TPSA) is 175 Å². The molecule has 12 heteroatoms. The van der Waals surface area contributed by atoms with E-state index in [1.54, 1.807) is 0 Å². The summed E-state index contributed by atoms with van der Waals surface area (Å²) in [6, 6.07) is 0. The number of unbranched alkanes of at least 4 members (excludes halogenated alkanes) is 19. The molecule has 416 valence electrons. The number of hydrogen-bond donors (Lipinski definition) is 3. The first kappa shape index (κ1) is 66.9. The van der Waals surface area contributed by atoms with Crippen molar-refractivity contribution in [1.29, 1.82) is 0 Å². The summed E-state index contributed by atoms with van der Waals surface area (Å²) in [5, 5.41) is 31.4. The molecule has 6 unspecified atom stereocenters. The van der Waals surface area contributed by atoms with Crippen molar-refractivity contribution >= 4 is 23.9 Å². The molecule has 0 amide bonds. The van der Waals surface area contributed by atoms with Crippen molar-refractivity contribution in [3.05, 3.63) is 85.1 Å². The van der Waals surface area contributed by atoms with Gasteiger partial charge in [-0.1, -0.05) is 202 Å². The van der Waals surface area contributed by atoms with Gasteiger partial charge in [0.25, 0.3) is 0 Å². The number of carbonyl (C=O) groups is 4. The van der Waals surface area contributed by atoms with Gasteiger partial charge in [0.15, 0.2) is 24.6 Å². The molecule has 73 heavy (non-hydrogen) atoms. The zero-order valence-electron chi connectivity index (χ0n) is 45.6. The maximum Gasteiger partial charge on any atom is 0.335 e. The van der Waals surface area contributed by atoms with E-state index in [4.69, 9.17) is 23.7 Å². The highest BCUT2D eigenvalue weighted by molar-refractivity contribution is 5.74. The van der Waals surface area contributed by atoms with E-state index in [9.17, 15) is 34.5 Å². The van der Waals surface area contributed by atoms with Crippen molar-refractivity contribution in [3.8, 4) is 0 Å². The Morgan fingerprint density at radius 2 is 0.877 bits per heavy atom. The fourth-order valence-corrected chi connectivity index (χ4v) is 8.08. The van der Waals surface area contributed by atoms with E-state index in [2.05, 4.69) is 93.7 Å². The minimum atomic E-state index is -1.92. The molecule has 1 aliphatic heterocycles. The van der Waals surface area contributed by atoms with E-state index in [0.29, 0.717) is 25.7 Å². The van der Waals surface area contributed by atoms with Gasteiger partial charge < -0.3 is 39.0 Å². The third-order valence-electron chi connectivity index (χ3n) is 12.5. The van der Waals surface area contributed by atoms with E-state index < -0.39 is 67.3 Å². The number of esters is 3. The molecule has 0 spiro atoms. The number of aliphatic carboxylic acids is 1. The monoisotopic (exact) mass is 1020 g/mol. The summed E-state index contributed by atoms with van der Waals surface area (Å²) in [5.74, 6) is -3.22. The minimum absolute atomic E-state index is 0.0212. The maximum absolute atomic E-state index is 13.1. The summed E-state index contributed by atoms with van der Waals surface area (Å²) in [6.45, 7) is 5.79. The molecule has 6 atom stereocenters. The smallest absolute Gasteiger partial charge is 0.335 e. The van der Waals surface area contributed by atoms with Crippen LogP contribution in [0.3, 0.4) is 0 Å². The van der Waals surface area contributed by atoms with Gasteiger partial charge in [0.1, 0.15) is 18.8 Å².